The molecule has 2 aliphatic heterocycles. The van der Waals surface area contributed by atoms with Crippen molar-refractivity contribution in [2.45, 2.75) is 39.2 Å². The number of hydrogen-bond acceptors (Lipinski definition) is 3. The zero-order valence-corrected chi connectivity index (χ0v) is 14.7. The Labute approximate surface area is 147 Å². The molecule has 0 saturated carbocycles. The molecule has 2 heterocycles. The number of carbonyl (C=O) groups excluding carboxylic acids is 2. The first-order chi connectivity index (χ1) is 11.8. The average molecular weight is 344 g/mol. The van der Waals surface area contributed by atoms with Crippen LogP contribution in [0.15, 0.2) is 24.3 Å². The fraction of sp³-hybridized carbons (Fsp3) is 0.526. The number of carboxylic acids is 1. The van der Waals surface area contributed by atoms with Gasteiger partial charge in [-0.2, -0.15) is 0 Å². The van der Waals surface area contributed by atoms with Crippen molar-refractivity contribution in [1.29, 1.82) is 0 Å². The van der Waals surface area contributed by atoms with Crippen molar-refractivity contribution in [3.8, 4) is 0 Å². The first-order valence-electron chi connectivity index (χ1n) is 8.68. The monoisotopic (exact) mass is 344 g/mol. The van der Waals surface area contributed by atoms with Gasteiger partial charge in [0, 0.05) is 26.6 Å². The highest BCUT2D eigenvalue weighted by Gasteiger charge is 2.43. The molecule has 0 spiro atoms. The van der Waals surface area contributed by atoms with Crippen molar-refractivity contribution in [3.63, 3.8) is 0 Å². The summed E-state index contributed by atoms with van der Waals surface area (Å²) in [7, 11) is 0. The summed E-state index contributed by atoms with van der Waals surface area (Å²) in [5.41, 5.74) is 1.33. The standard InChI is InChI=1S/C19H24N2O4/c1-13(22)21-9-7-14-5-3-4-6-15(14)16(21)11-17(23)20-10-8-19(2,12-20)18(24)25/h3-6,16H,7-12H2,1-2H3,(H,24,25)/t16-,19-/m0/s1. The van der Waals surface area contributed by atoms with E-state index in [1.165, 1.54) is 12.5 Å². The molecule has 2 aliphatic rings. The molecule has 0 unspecified atom stereocenters. The van der Waals surface area contributed by atoms with Gasteiger partial charge in [0.25, 0.3) is 0 Å². The first-order valence-corrected chi connectivity index (χ1v) is 8.68. The second-order valence-corrected chi connectivity index (χ2v) is 7.31. The molecule has 134 valence electrons. The van der Waals surface area contributed by atoms with Crippen molar-refractivity contribution in [1.82, 2.24) is 9.80 Å². The summed E-state index contributed by atoms with van der Waals surface area (Å²) < 4.78 is 0. The lowest BCUT2D eigenvalue weighted by molar-refractivity contribution is -0.147. The van der Waals surface area contributed by atoms with E-state index in [0.29, 0.717) is 19.5 Å². The first kappa shape index (κ1) is 17.5. The summed E-state index contributed by atoms with van der Waals surface area (Å²) >= 11 is 0. The highest BCUT2D eigenvalue weighted by Crippen LogP contribution is 2.35. The lowest BCUT2D eigenvalue weighted by atomic mass is 9.89. The van der Waals surface area contributed by atoms with Crippen molar-refractivity contribution < 1.29 is 19.5 Å². The maximum atomic E-state index is 12.8. The maximum absolute atomic E-state index is 12.8. The van der Waals surface area contributed by atoms with Crippen LogP contribution >= 0.6 is 0 Å². The number of amides is 2. The molecule has 1 fully saturated rings. The molecule has 6 nitrogen and oxygen atoms in total. The van der Waals surface area contributed by atoms with Crippen molar-refractivity contribution in [3.05, 3.63) is 35.4 Å². The van der Waals surface area contributed by atoms with Crippen LogP contribution in [-0.2, 0) is 20.8 Å². The molecule has 1 aromatic carbocycles. The average Bonchev–Trinajstić information content (AvgIpc) is 2.99. The van der Waals surface area contributed by atoms with E-state index in [1.807, 2.05) is 24.3 Å². The van der Waals surface area contributed by atoms with E-state index in [9.17, 15) is 19.5 Å². The third-order valence-corrected chi connectivity index (χ3v) is 5.53. The van der Waals surface area contributed by atoms with Gasteiger partial charge in [-0.05, 0) is 30.9 Å². The number of rotatable bonds is 3. The molecule has 25 heavy (non-hydrogen) atoms. The largest absolute Gasteiger partial charge is 0.481 e. The van der Waals surface area contributed by atoms with Gasteiger partial charge < -0.3 is 14.9 Å². The van der Waals surface area contributed by atoms with E-state index < -0.39 is 11.4 Å². The van der Waals surface area contributed by atoms with E-state index >= 15 is 0 Å². The number of carboxylic acid groups (broad SMARTS) is 1. The van der Waals surface area contributed by atoms with E-state index in [4.69, 9.17) is 0 Å². The number of hydrogen-bond donors (Lipinski definition) is 1. The molecule has 1 saturated heterocycles. The molecule has 3 rings (SSSR count). The van der Waals surface area contributed by atoms with Gasteiger partial charge in [-0.1, -0.05) is 24.3 Å². The fourth-order valence-corrected chi connectivity index (χ4v) is 3.89. The Balaban J connectivity index is 1.79. The van der Waals surface area contributed by atoms with Gasteiger partial charge in [-0.15, -0.1) is 0 Å². The highest BCUT2D eigenvalue weighted by molar-refractivity contribution is 5.82. The predicted molar refractivity (Wildman–Crippen MR) is 91.8 cm³/mol. The summed E-state index contributed by atoms with van der Waals surface area (Å²) in [5.74, 6) is -0.988. The molecule has 0 bridgehead atoms. The maximum Gasteiger partial charge on any atom is 0.311 e. The molecule has 1 N–H and O–H groups in total. The van der Waals surface area contributed by atoms with Crippen LogP contribution in [0, 0.1) is 5.41 Å². The van der Waals surface area contributed by atoms with E-state index in [1.54, 1.807) is 16.7 Å². The van der Waals surface area contributed by atoms with Gasteiger partial charge in [0.15, 0.2) is 0 Å². The molecule has 1 aromatic rings. The molecule has 0 aromatic heterocycles. The molecule has 0 aliphatic carbocycles. The second-order valence-electron chi connectivity index (χ2n) is 7.31. The normalized spacial score (nSPS) is 25.6. The van der Waals surface area contributed by atoms with E-state index in [2.05, 4.69) is 0 Å². The van der Waals surface area contributed by atoms with Gasteiger partial charge in [0.1, 0.15) is 0 Å². The van der Waals surface area contributed by atoms with E-state index in [0.717, 1.165) is 12.0 Å². The Kier molecular flexibility index (Phi) is 4.54. The van der Waals surface area contributed by atoms with Crippen LogP contribution in [0.3, 0.4) is 0 Å². The molecule has 6 heteroatoms. The third-order valence-electron chi connectivity index (χ3n) is 5.53. The Morgan fingerprint density at radius 3 is 2.60 bits per heavy atom. The van der Waals surface area contributed by atoms with Crippen LogP contribution in [0.1, 0.15) is 43.9 Å². The SMILES string of the molecule is CC(=O)N1CCc2ccccc2[C@@H]1CC(=O)N1CC[C@](C)(C(=O)O)C1. The van der Waals surface area contributed by atoms with Crippen LogP contribution in [0.2, 0.25) is 0 Å². The van der Waals surface area contributed by atoms with Gasteiger partial charge >= 0.3 is 5.97 Å². The summed E-state index contributed by atoms with van der Waals surface area (Å²) in [4.78, 5) is 39.6. The smallest absolute Gasteiger partial charge is 0.311 e. The second kappa shape index (κ2) is 6.50. The number of fused-ring (bicyclic) bond motifs is 1. The predicted octanol–water partition coefficient (Wildman–Crippen LogP) is 1.85. The topological polar surface area (TPSA) is 77.9 Å². The van der Waals surface area contributed by atoms with Crippen LogP contribution in [0.5, 0.6) is 0 Å². The van der Waals surface area contributed by atoms with Gasteiger partial charge in [-0.25, -0.2) is 0 Å². The Morgan fingerprint density at radius 2 is 1.96 bits per heavy atom. The van der Waals surface area contributed by atoms with Crippen molar-refractivity contribution in [2.75, 3.05) is 19.6 Å². The number of likely N-dealkylation sites (tertiary alicyclic amines) is 1. The lowest BCUT2D eigenvalue weighted by Crippen LogP contribution is -2.42. The van der Waals surface area contributed by atoms with Gasteiger partial charge in [-0.3, -0.25) is 14.4 Å². The van der Waals surface area contributed by atoms with Crippen molar-refractivity contribution >= 4 is 17.8 Å². The molecular weight excluding hydrogens is 320 g/mol. The van der Waals surface area contributed by atoms with Crippen LogP contribution in [0.4, 0.5) is 0 Å². The molecule has 2 atom stereocenters. The number of benzene rings is 1. The summed E-state index contributed by atoms with van der Waals surface area (Å²) in [5, 5.41) is 9.35. The minimum absolute atomic E-state index is 0.0379. The van der Waals surface area contributed by atoms with Crippen LogP contribution in [-0.4, -0.2) is 52.3 Å². The Morgan fingerprint density at radius 1 is 1.24 bits per heavy atom. The lowest BCUT2D eigenvalue weighted by Gasteiger charge is -2.37. The van der Waals surface area contributed by atoms with Crippen LogP contribution < -0.4 is 0 Å². The zero-order valence-electron chi connectivity index (χ0n) is 14.7. The van der Waals surface area contributed by atoms with Crippen LogP contribution in [0.25, 0.3) is 0 Å². The number of nitrogens with zero attached hydrogens (tertiary/aromatic N) is 2. The van der Waals surface area contributed by atoms with E-state index in [-0.39, 0.29) is 30.8 Å². The summed E-state index contributed by atoms with van der Waals surface area (Å²) in [6, 6.07) is 7.65. The third kappa shape index (κ3) is 3.25. The highest BCUT2D eigenvalue weighted by atomic mass is 16.4. The minimum Gasteiger partial charge on any atom is -0.481 e. The number of carbonyl (C=O) groups is 3. The van der Waals surface area contributed by atoms with Gasteiger partial charge in [0.05, 0.1) is 17.9 Å². The fourth-order valence-electron chi connectivity index (χ4n) is 3.89. The van der Waals surface area contributed by atoms with Crippen molar-refractivity contribution in [2.24, 2.45) is 5.41 Å². The summed E-state index contributed by atoms with van der Waals surface area (Å²) in [6.07, 6.45) is 1.46. The molecule has 2 amide bonds. The molecular formula is C19H24N2O4. The molecule has 0 radical (unpaired) electrons. The summed E-state index contributed by atoms with van der Waals surface area (Å²) in [6.45, 7) is 4.51. The minimum atomic E-state index is -0.875. The Hall–Kier alpha value is -2.37. The van der Waals surface area contributed by atoms with Gasteiger partial charge in [0.2, 0.25) is 11.8 Å². The number of aliphatic carboxylic acids is 1. The Bertz CT molecular complexity index is 717. The zero-order chi connectivity index (χ0) is 18.2. The quantitative estimate of drug-likeness (QED) is 0.908.